The quantitative estimate of drug-likeness (QED) is 0.717. The van der Waals surface area contributed by atoms with E-state index in [1.54, 1.807) is 18.2 Å². The predicted octanol–water partition coefficient (Wildman–Crippen LogP) is 1.37. The molecule has 0 bridgehead atoms. The molecule has 0 radical (unpaired) electrons. The molecule has 2 N–H and O–H groups in total. The first-order valence-corrected chi connectivity index (χ1v) is 4.39. The van der Waals surface area contributed by atoms with Crippen LogP contribution in [0.4, 0.5) is 0 Å². The van der Waals surface area contributed by atoms with Crippen LogP contribution in [0.1, 0.15) is 11.7 Å². The van der Waals surface area contributed by atoms with Crippen molar-refractivity contribution in [3.05, 3.63) is 42.5 Å². The van der Waals surface area contributed by atoms with Crippen molar-refractivity contribution in [3.8, 4) is 5.75 Å². The largest absolute Gasteiger partial charge is 0.490 e. The van der Waals surface area contributed by atoms with Crippen LogP contribution in [-0.2, 0) is 4.79 Å². The molecule has 0 unspecified atom stereocenters. The van der Waals surface area contributed by atoms with Crippen molar-refractivity contribution >= 4 is 5.97 Å². The number of ether oxygens (including phenoxy) is 1. The van der Waals surface area contributed by atoms with Crippen molar-refractivity contribution < 1.29 is 19.7 Å². The molecule has 1 aromatic rings. The van der Waals surface area contributed by atoms with Crippen LogP contribution in [-0.4, -0.2) is 22.8 Å². The number of carboxylic acid groups (broad SMARTS) is 1. The summed E-state index contributed by atoms with van der Waals surface area (Å²) in [6.45, 7) is 3.83. The molecule has 1 aromatic carbocycles. The van der Waals surface area contributed by atoms with Crippen LogP contribution in [0.2, 0.25) is 0 Å². The average Bonchev–Trinajstić information content (AvgIpc) is 2.25. The first kappa shape index (κ1) is 11.3. The normalized spacial score (nSPS) is 11.8. The van der Waals surface area contributed by atoms with E-state index in [2.05, 4.69) is 6.58 Å². The van der Waals surface area contributed by atoms with E-state index in [0.29, 0.717) is 17.9 Å². The lowest BCUT2D eigenvalue weighted by atomic mass is 10.1. The Hall–Kier alpha value is -1.81. The fourth-order valence-electron chi connectivity index (χ4n) is 1.07. The van der Waals surface area contributed by atoms with Crippen LogP contribution >= 0.6 is 0 Å². The lowest BCUT2D eigenvalue weighted by Gasteiger charge is -2.08. The number of carbonyl (C=O) groups is 1. The van der Waals surface area contributed by atoms with Crippen LogP contribution in [0.25, 0.3) is 0 Å². The topological polar surface area (TPSA) is 66.8 Å². The van der Waals surface area contributed by atoms with E-state index >= 15 is 0 Å². The third-order valence-electron chi connectivity index (χ3n) is 1.78. The van der Waals surface area contributed by atoms with Gasteiger partial charge in [-0.15, -0.1) is 0 Å². The molecule has 15 heavy (non-hydrogen) atoms. The van der Waals surface area contributed by atoms with Crippen molar-refractivity contribution in [2.24, 2.45) is 0 Å². The van der Waals surface area contributed by atoms with Gasteiger partial charge in [0, 0.05) is 0 Å². The second-order valence-electron chi connectivity index (χ2n) is 2.91. The lowest BCUT2D eigenvalue weighted by molar-refractivity contribution is -0.146. The molecular weight excluding hydrogens is 196 g/mol. The van der Waals surface area contributed by atoms with E-state index in [-0.39, 0.29) is 0 Å². The highest BCUT2D eigenvalue weighted by atomic mass is 16.5. The second-order valence-corrected chi connectivity index (χ2v) is 2.91. The van der Waals surface area contributed by atoms with Crippen molar-refractivity contribution in [2.75, 3.05) is 6.61 Å². The summed E-state index contributed by atoms with van der Waals surface area (Å²) in [7, 11) is 0. The maximum atomic E-state index is 10.5. The number of rotatable bonds is 5. The van der Waals surface area contributed by atoms with Gasteiger partial charge in [-0.3, -0.25) is 0 Å². The molecule has 0 aliphatic heterocycles. The fraction of sp³-hybridized carbons (Fsp3) is 0.182. The van der Waals surface area contributed by atoms with Crippen molar-refractivity contribution in [1.82, 2.24) is 0 Å². The van der Waals surface area contributed by atoms with E-state index in [4.69, 9.17) is 9.84 Å². The molecule has 1 atom stereocenters. The summed E-state index contributed by atoms with van der Waals surface area (Å²) in [5.74, 6) is -0.774. The SMILES string of the molecule is C=CCOc1cccc([C@H](O)C(=O)O)c1. The van der Waals surface area contributed by atoms with Crippen LogP contribution in [0.5, 0.6) is 5.75 Å². The standard InChI is InChI=1S/C11H12O4/c1-2-6-15-9-5-3-4-8(7-9)10(12)11(13)14/h2-5,7,10,12H,1,6H2,(H,13,14)/t10-/m0/s1. The minimum atomic E-state index is -1.52. The molecule has 0 fully saturated rings. The van der Waals surface area contributed by atoms with Crippen LogP contribution < -0.4 is 4.74 Å². The van der Waals surface area contributed by atoms with Crippen molar-refractivity contribution in [2.45, 2.75) is 6.10 Å². The maximum Gasteiger partial charge on any atom is 0.337 e. The van der Waals surface area contributed by atoms with E-state index in [0.717, 1.165) is 0 Å². The zero-order valence-electron chi connectivity index (χ0n) is 8.09. The molecule has 0 saturated carbocycles. The Bertz CT molecular complexity index is 359. The average molecular weight is 208 g/mol. The molecule has 80 valence electrons. The van der Waals surface area contributed by atoms with Crippen LogP contribution in [0, 0.1) is 0 Å². The van der Waals surface area contributed by atoms with Crippen LogP contribution in [0.3, 0.4) is 0 Å². The van der Waals surface area contributed by atoms with E-state index < -0.39 is 12.1 Å². The Morgan fingerprint density at radius 2 is 2.33 bits per heavy atom. The number of aliphatic hydroxyl groups is 1. The van der Waals surface area contributed by atoms with Gasteiger partial charge < -0.3 is 14.9 Å². The Morgan fingerprint density at radius 1 is 1.60 bits per heavy atom. The van der Waals surface area contributed by atoms with E-state index in [1.165, 1.54) is 12.1 Å². The van der Waals surface area contributed by atoms with Gasteiger partial charge in [0.1, 0.15) is 12.4 Å². The monoisotopic (exact) mass is 208 g/mol. The number of benzene rings is 1. The minimum absolute atomic E-state index is 0.295. The number of aliphatic hydroxyl groups excluding tert-OH is 1. The van der Waals surface area contributed by atoms with E-state index in [1.807, 2.05) is 0 Å². The number of carboxylic acids is 1. The van der Waals surface area contributed by atoms with Crippen molar-refractivity contribution in [1.29, 1.82) is 0 Å². The highest BCUT2D eigenvalue weighted by molar-refractivity contribution is 5.74. The summed E-state index contributed by atoms with van der Waals surface area (Å²) in [6.07, 6.45) is 0.0672. The molecular formula is C11H12O4. The highest BCUT2D eigenvalue weighted by Crippen LogP contribution is 2.19. The first-order valence-electron chi connectivity index (χ1n) is 4.39. The van der Waals surface area contributed by atoms with Gasteiger partial charge in [-0.25, -0.2) is 4.79 Å². The van der Waals surface area contributed by atoms with Crippen molar-refractivity contribution in [3.63, 3.8) is 0 Å². The fourth-order valence-corrected chi connectivity index (χ4v) is 1.07. The minimum Gasteiger partial charge on any atom is -0.490 e. The Labute approximate surface area is 87.4 Å². The molecule has 0 saturated heterocycles. The lowest BCUT2D eigenvalue weighted by Crippen LogP contribution is -2.10. The van der Waals surface area contributed by atoms with Crippen LogP contribution in [0.15, 0.2) is 36.9 Å². The summed E-state index contributed by atoms with van der Waals surface area (Å²) in [4.78, 5) is 10.5. The smallest absolute Gasteiger partial charge is 0.337 e. The summed E-state index contributed by atoms with van der Waals surface area (Å²) in [5.41, 5.74) is 0.295. The first-order chi connectivity index (χ1) is 7.15. The van der Waals surface area contributed by atoms with Gasteiger partial charge in [-0.1, -0.05) is 24.8 Å². The Kier molecular flexibility index (Phi) is 3.88. The van der Waals surface area contributed by atoms with E-state index in [9.17, 15) is 9.90 Å². The highest BCUT2D eigenvalue weighted by Gasteiger charge is 2.15. The third kappa shape index (κ3) is 3.11. The van der Waals surface area contributed by atoms with Gasteiger partial charge in [0.05, 0.1) is 0 Å². The number of aliphatic carboxylic acids is 1. The number of hydrogen-bond donors (Lipinski definition) is 2. The maximum absolute atomic E-state index is 10.5. The molecule has 4 heteroatoms. The van der Waals surface area contributed by atoms with Gasteiger partial charge in [0.2, 0.25) is 0 Å². The third-order valence-corrected chi connectivity index (χ3v) is 1.78. The van der Waals surface area contributed by atoms with Gasteiger partial charge in [-0.05, 0) is 17.7 Å². The molecule has 0 heterocycles. The van der Waals surface area contributed by atoms with Gasteiger partial charge in [0.15, 0.2) is 6.10 Å². The summed E-state index contributed by atoms with van der Waals surface area (Å²) < 4.78 is 5.20. The molecule has 0 amide bonds. The van der Waals surface area contributed by atoms with Gasteiger partial charge in [-0.2, -0.15) is 0 Å². The summed E-state index contributed by atoms with van der Waals surface area (Å²) in [6, 6.07) is 6.32. The summed E-state index contributed by atoms with van der Waals surface area (Å²) in [5, 5.41) is 17.9. The second kappa shape index (κ2) is 5.17. The zero-order chi connectivity index (χ0) is 11.3. The van der Waals surface area contributed by atoms with Gasteiger partial charge in [0.25, 0.3) is 0 Å². The molecule has 4 nitrogen and oxygen atoms in total. The Balaban J connectivity index is 2.82. The molecule has 0 aliphatic rings. The molecule has 0 aromatic heterocycles. The molecule has 0 spiro atoms. The molecule has 0 aliphatic carbocycles. The molecule has 1 rings (SSSR count). The number of hydrogen-bond acceptors (Lipinski definition) is 3. The Morgan fingerprint density at radius 3 is 2.93 bits per heavy atom. The zero-order valence-corrected chi connectivity index (χ0v) is 8.09. The predicted molar refractivity (Wildman–Crippen MR) is 54.7 cm³/mol. The van der Waals surface area contributed by atoms with Gasteiger partial charge >= 0.3 is 5.97 Å². The summed E-state index contributed by atoms with van der Waals surface area (Å²) >= 11 is 0.